The quantitative estimate of drug-likeness (QED) is 0.183. The molecule has 0 aliphatic heterocycles. The summed E-state index contributed by atoms with van der Waals surface area (Å²) in [6, 6.07) is 15.5. The number of hydrogen-bond donors (Lipinski definition) is 3. The van der Waals surface area contributed by atoms with Gasteiger partial charge in [0.05, 0.1) is 30.7 Å². The summed E-state index contributed by atoms with van der Waals surface area (Å²) in [4.78, 5) is 30.9. The van der Waals surface area contributed by atoms with Crippen LogP contribution >= 0.6 is 0 Å². The van der Waals surface area contributed by atoms with E-state index in [9.17, 15) is 4.79 Å². The molecule has 0 fully saturated rings. The van der Waals surface area contributed by atoms with Crippen molar-refractivity contribution >= 4 is 6.09 Å². The molecular weight excluding hydrogens is 524 g/mol. The first-order valence-corrected chi connectivity index (χ1v) is 15.2. The fraction of sp³-hybridized carbons (Fsp3) is 0.441. The molecule has 0 atom stereocenters. The third-order valence-electron chi connectivity index (χ3n) is 7.48. The molecule has 0 spiro atoms. The van der Waals surface area contributed by atoms with Gasteiger partial charge in [0, 0.05) is 18.7 Å². The number of aromatic nitrogens is 4. The molecule has 8 heteroatoms. The number of amides is 1. The summed E-state index contributed by atoms with van der Waals surface area (Å²) >= 11 is 0. The van der Waals surface area contributed by atoms with E-state index in [1.807, 2.05) is 27.0 Å². The lowest BCUT2D eigenvalue weighted by Crippen LogP contribution is -2.37. The highest BCUT2D eigenvalue weighted by atomic mass is 16.6. The number of nitrogens with zero attached hydrogens (tertiary/aromatic N) is 3. The molecule has 0 radical (unpaired) electrons. The number of aryl methyl sites for hydroxylation is 2. The lowest BCUT2D eigenvalue weighted by Gasteiger charge is -2.26. The molecular formula is C34H44N6O2. The molecule has 1 amide bonds. The highest BCUT2D eigenvalue weighted by molar-refractivity contribution is 5.70. The molecule has 222 valence electrons. The molecule has 2 aromatic carbocycles. The van der Waals surface area contributed by atoms with Gasteiger partial charge < -0.3 is 24.9 Å². The molecule has 0 bridgehead atoms. The topological polar surface area (TPSA) is 98.9 Å². The van der Waals surface area contributed by atoms with Crippen molar-refractivity contribution in [1.82, 2.24) is 30.2 Å². The maximum atomic E-state index is 12.8. The Bertz CT molecular complexity index is 1500. The van der Waals surface area contributed by atoms with Gasteiger partial charge in [0.15, 0.2) is 0 Å². The number of aromatic amines is 2. The number of benzene rings is 2. The number of carbonyl (C=O) groups is 1. The Morgan fingerprint density at radius 2 is 1.71 bits per heavy atom. The minimum absolute atomic E-state index is 0.295. The summed E-state index contributed by atoms with van der Waals surface area (Å²) in [5, 5.41) is 3.39. The van der Waals surface area contributed by atoms with Gasteiger partial charge in [-0.15, -0.1) is 0 Å². The molecule has 1 aliphatic rings. The Labute approximate surface area is 249 Å². The molecule has 3 N–H and O–H groups in total. The van der Waals surface area contributed by atoms with Crippen molar-refractivity contribution in [2.45, 2.75) is 85.4 Å². The van der Waals surface area contributed by atoms with E-state index in [1.54, 1.807) is 4.90 Å². The van der Waals surface area contributed by atoms with Crippen LogP contribution in [0.2, 0.25) is 0 Å². The number of H-pyrrole nitrogens is 2. The number of nitrogens with one attached hydrogen (secondary N) is 3. The van der Waals surface area contributed by atoms with Crippen molar-refractivity contribution < 1.29 is 9.53 Å². The van der Waals surface area contributed by atoms with Gasteiger partial charge in [-0.05, 0) is 80.8 Å². The summed E-state index contributed by atoms with van der Waals surface area (Å²) in [6.07, 6.45) is 6.20. The average Bonchev–Trinajstić information content (AvgIpc) is 3.54. The lowest BCUT2D eigenvalue weighted by molar-refractivity contribution is 0.0229. The number of hydrogen-bond acceptors (Lipinski definition) is 5. The summed E-state index contributed by atoms with van der Waals surface area (Å²) < 4.78 is 5.63. The van der Waals surface area contributed by atoms with Crippen molar-refractivity contribution in [3.8, 4) is 22.4 Å². The zero-order valence-corrected chi connectivity index (χ0v) is 25.6. The smallest absolute Gasteiger partial charge is 0.410 e. The van der Waals surface area contributed by atoms with E-state index in [4.69, 9.17) is 9.72 Å². The fourth-order valence-electron chi connectivity index (χ4n) is 5.42. The first kappa shape index (κ1) is 29.6. The molecule has 4 aromatic rings. The van der Waals surface area contributed by atoms with E-state index in [1.165, 1.54) is 22.3 Å². The van der Waals surface area contributed by atoms with Crippen LogP contribution in [0.5, 0.6) is 0 Å². The molecule has 0 saturated heterocycles. The van der Waals surface area contributed by atoms with Crippen LogP contribution < -0.4 is 5.32 Å². The van der Waals surface area contributed by atoms with Gasteiger partial charge in [-0.2, -0.15) is 0 Å². The minimum Gasteiger partial charge on any atom is -0.444 e. The molecule has 0 saturated carbocycles. The first-order chi connectivity index (χ1) is 20.2. The number of ether oxygens (including phenoxy) is 1. The minimum atomic E-state index is -0.525. The Kier molecular flexibility index (Phi) is 9.12. The van der Waals surface area contributed by atoms with Crippen LogP contribution in [0, 0.1) is 0 Å². The zero-order chi connectivity index (χ0) is 29.7. The Hall–Kier alpha value is -3.91. The van der Waals surface area contributed by atoms with Crippen molar-refractivity contribution in [2.75, 3.05) is 13.1 Å². The lowest BCUT2D eigenvalue weighted by atomic mass is 9.95. The predicted octanol–water partition coefficient (Wildman–Crippen LogP) is 6.80. The van der Waals surface area contributed by atoms with Gasteiger partial charge in [-0.3, -0.25) is 0 Å². The van der Waals surface area contributed by atoms with E-state index in [0.29, 0.717) is 13.1 Å². The second kappa shape index (κ2) is 12.9. The van der Waals surface area contributed by atoms with Crippen LogP contribution in [-0.2, 0) is 37.1 Å². The molecule has 1 aliphatic carbocycles. The maximum absolute atomic E-state index is 12.8. The van der Waals surface area contributed by atoms with Crippen LogP contribution in [0.15, 0.2) is 48.7 Å². The maximum Gasteiger partial charge on any atom is 0.410 e. The summed E-state index contributed by atoms with van der Waals surface area (Å²) in [5.41, 5.74) is 8.99. The third-order valence-corrected chi connectivity index (χ3v) is 7.48. The predicted molar refractivity (Wildman–Crippen MR) is 167 cm³/mol. The highest BCUT2D eigenvalue weighted by Gasteiger charge is 2.24. The van der Waals surface area contributed by atoms with Crippen LogP contribution in [0.3, 0.4) is 0 Å². The highest BCUT2D eigenvalue weighted by Crippen LogP contribution is 2.30. The summed E-state index contributed by atoms with van der Waals surface area (Å²) in [7, 11) is 0. The molecule has 2 aromatic heterocycles. The van der Waals surface area contributed by atoms with Crippen LogP contribution in [0.4, 0.5) is 4.79 Å². The summed E-state index contributed by atoms with van der Waals surface area (Å²) in [6.45, 7) is 12.7. The van der Waals surface area contributed by atoms with Gasteiger partial charge in [0.25, 0.3) is 0 Å². The molecule has 5 rings (SSSR count). The number of imidazole rings is 2. The van der Waals surface area contributed by atoms with Crippen LogP contribution in [-0.4, -0.2) is 49.6 Å². The first-order valence-electron chi connectivity index (χ1n) is 15.2. The number of fused-ring (bicyclic) bond motifs is 2. The van der Waals surface area contributed by atoms with Gasteiger partial charge in [-0.25, -0.2) is 14.8 Å². The van der Waals surface area contributed by atoms with Gasteiger partial charge in [0.2, 0.25) is 0 Å². The van der Waals surface area contributed by atoms with Gasteiger partial charge in [-0.1, -0.05) is 56.3 Å². The van der Waals surface area contributed by atoms with Gasteiger partial charge >= 0.3 is 6.09 Å². The van der Waals surface area contributed by atoms with Crippen molar-refractivity contribution in [2.24, 2.45) is 0 Å². The largest absolute Gasteiger partial charge is 0.444 e. The standard InChI is InChI=1S/C34H44N6O2/c1-6-16-35-21-31-36-20-30(39-31)24-10-8-23(9-11-24)25-12-13-27-19-29-28(15-14-26(27)18-25)37-32(38-29)22-40(17-7-2)33(41)42-34(3,4)5/h8-13,18,20,35H,6-7,14-17,19,21-22H2,1-5H3,(H,36,39)(H,37,38). The van der Waals surface area contributed by atoms with E-state index in [2.05, 4.69) is 76.6 Å². The Morgan fingerprint density at radius 3 is 2.45 bits per heavy atom. The fourth-order valence-corrected chi connectivity index (χ4v) is 5.42. The van der Waals surface area contributed by atoms with Crippen LogP contribution in [0.1, 0.15) is 81.6 Å². The zero-order valence-electron chi connectivity index (χ0n) is 25.6. The van der Waals surface area contributed by atoms with E-state index < -0.39 is 5.60 Å². The van der Waals surface area contributed by atoms with Crippen LogP contribution in [0.25, 0.3) is 22.4 Å². The van der Waals surface area contributed by atoms with Crippen molar-refractivity contribution in [1.29, 1.82) is 0 Å². The average molecular weight is 569 g/mol. The second-order valence-corrected chi connectivity index (χ2v) is 12.2. The van der Waals surface area contributed by atoms with Crippen molar-refractivity contribution in [3.63, 3.8) is 0 Å². The number of carbonyl (C=O) groups excluding carboxylic acids is 1. The van der Waals surface area contributed by atoms with E-state index in [0.717, 1.165) is 79.5 Å². The third kappa shape index (κ3) is 7.29. The monoisotopic (exact) mass is 568 g/mol. The SMILES string of the molecule is CCCNCc1ncc(-c2ccc(-c3ccc4c(c3)CCc3nc(CN(CCC)C(=O)OC(C)(C)C)[nH]c3C4)cc2)[nH]1. The number of rotatable bonds is 10. The summed E-state index contributed by atoms with van der Waals surface area (Å²) in [5.74, 6) is 1.78. The normalized spacial score (nSPS) is 12.9. The Morgan fingerprint density at radius 1 is 0.952 bits per heavy atom. The van der Waals surface area contributed by atoms with E-state index >= 15 is 0 Å². The van der Waals surface area contributed by atoms with Gasteiger partial charge in [0.1, 0.15) is 17.2 Å². The molecule has 2 heterocycles. The molecule has 8 nitrogen and oxygen atoms in total. The van der Waals surface area contributed by atoms with E-state index in [-0.39, 0.29) is 6.09 Å². The Balaban J connectivity index is 1.26. The molecule has 42 heavy (non-hydrogen) atoms. The second-order valence-electron chi connectivity index (χ2n) is 12.2. The molecule has 0 unspecified atom stereocenters. The van der Waals surface area contributed by atoms with Crippen molar-refractivity contribution in [3.05, 3.63) is 82.8 Å².